The van der Waals surface area contributed by atoms with Gasteiger partial charge in [-0.1, -0.05) is 6.08 Å². The fourth-order valence-corrected chi connectivity index (χ4v) is 1.39. The minimum atomic E-state index is 0.682. The molecule has 1 aromatic rings. The van der Waals surface area contributed by atoms with Gasteiger partial charge in [-0.3, -0.25) is 0 Å². The van der Waals surface area contributed by atoms with Crippen molar-refractivity contribution in [1.29, 1.82) is 0 Å². The number of rotatable bonds is 6. The Balaban J connectivity index is 2.66. The minimum absolute atomic E-state index is 0.682. The van der Waals surface area contributed by atoms with Crippen molar-refractivity contribution in [2.75, 3.05) is 33.0 Å². The lowest BCUT2D eigenvalue weighted by atomic mass is 10.1. The largest absolute Gasteiger partial charge is 0.492 e. The van der Waals surface area contributed by atoms with Crippen molar-refractivity contribution in [2.24, 2.45) is 0 Å². The van der Waals surface area contributed by atoms with E-state index in [9.17, 15) is 0 Å². The lowest BCUT2D eigenvalue weighted by Gasteiger charge is -2.13. The van der Waals surface area contributed by atoms with Crippen molar-refractivity contribution < 1.29 is 4.74 Å². The van der Waals surface area contributed by atoms with Gasteiger partial charge in [0.1, 0.15) is 12.4 Å². The first kappa shape index (κ1) is 12.6. The molecule has 0 aliphatic heterocycles. The molecule has 0 radical (unpaired) electrons. The summed E-state index contributed by atoms with van der Waals surface area (Å²) < 4.78 is 5.71. The lowest BCUT2D eigenvalue weighted by molar-refractivity contribution is 0.260. The quantitative estimate of drug-likeness (QED) is 0.588. The van der Waals surface area contributed by atoms with Gasteiger partial charge >= 0.3 is 0 Å². The summed E-state index contributed by atoms with van der Waals surface area (Å²) in [7, 11) is 4.05. The van der Waals surface area contributed by atoms with E-state index in [1.165, 1.54) is 0 Å². The van der Waals surface area contributed by atoms with Crippen LogP contribution in [0.3, 0.4) is 0 Å². The summed E-state index contributed by atoms with van der Waals surface area (Å²) in [6.07, 6.45) is 2.63. The number of hydrogen-bond acceptors (Lipinski definition) is 3. The normalized spacial score (nSPS) is 10.4. The Kier molecular flexibility index (Phi) is 4.86. The number of allylic oxidation sites excluding steroid dienone is 1. The third-order valence-corrected chi connectivity index (χ3v) is 2.24. The molecule has 0 spiro atoms. The van der Waals surface area contributed by atoms with Gasteiger partial charge in [0.15, 0.2) is 0 Å². The van der Waals surface area contributed by atoms with E-state index in [1.807, 2.05) is 38.4 Å². The predicted molar refractivity (Wildman–Crippen MR) is 68.8 cm³/mol. The second kappa shape index (κ2) is 6.18. The molecule has 2 N–H and O–H groups in total. The zero-order chi connectivity index (χ0) is 12.0. The van der Waals surface area contributed by atoms with Gasteiger partial charge in [0, 0.05) is 12.2 Å². The molecule has 3 nitrogen and oxygen atoms in total. The number of anilines is 1. The van der Waals surface area contributed by atoms with Gasteiger partial charge in [0.25, 0.3) is 0 Å². The maximum atomic E-state index is 5.74. The maximum Gasteiger partial charge on any atom is 0.123 e. The molecule has 0 aliphatic rings. The van der Waals surface area contributed by atoms with Gasteiger partial charge in [-0.15, -0.1) is 6.58 Å². The Morgan fingerprint density at radius 3 is 2.81 bits per heavy atom. The van der Waals surface area contributed by atoms with Gasteiger partial charge in [-0.25, -0.2) is 0 Å². The molecule has 0 saturated heterocycles. The number of hydrogen-bond donors (Lipinski definition) is 1. The molecular weight excluding hydrogens is 200 g/mol. The van der Waals surface area contributed by atoms with Crippen LogP contribution in [0.4, 0.5) is 5.69 Å². The molecule has 0 aliphatic carbocycles. The maximum absolute atomic E-state index is 5.74. The van der Waals surface area contributed by atoms with E-state index in [0.717, 1.165) is 30.0 Å². The van der Waals surface area contributed by atoms with Gasteiger partial charge in [0.05, 0.1) is 0 Å². The van der Waals surface area contributed by atoms with Crippen LogP contribution in [0.25, 0.3) is 0 Å². The molecule has 0 fully saturated rings. The third-order valence-electron chi connectivity index (χ3n) is 2.24. The first-order valence-corrected chi connectivity index (χ1v) is 5.40. The van der Waals surface area contributed by atoms with Gasteiger partial charge < -0.3 is 15.4 Å². The van der Waals surface area contributed by atoms with Gasteiger partial charge in [0.2, 0.25) is 0 Å². The van der Waals surface area contributed by atoms with E-state index in [4.69, 9.17) is 10.5 Å². The second-order valence-electron chi connectivity index (χ2n) is 4.01. The summed E-state index contributed by atoms with van der Waals surface area (Å²) in [6.45, 7) is 5.31. The number of likely N-dealkylation sites (N-methyl/N-ethyl adjacent to an activating group) is 1. The monoisotopic (exact) mass is 220 g/mol. The fourth-order valence-electron chi connectivity index (χ4n) is 1.39. The molecule has 0 heterocycles. The molecule has 1 aromatic carbocycles. The highest BCUT2D eigenvalue weighted by Crippen LogP contribution is 2.22. The van der Waals surface area contributed by atoms with Crippen LogP contribution in [0.1, 0.15) is 5.56 Å². The van der Waals surface area contributed by atoms with Crippen molar-refractivity contribution in [3.8, 4) is 5.75 Å². The smallest absolute Gasteiger partial charge is 0.123 e. The summed E-state index contributed by atoms with van der Waals surface area (Å²) in [6, 6.07) is 5.72. The molecule has 16 heavy (non-hydrogen) atoms. The average molecular weight is 220 g/mol. The van der Waals surface area contributed by atoms with Crippen LogP contribution in [-0.4, -0.2) is 32.1 Å². The number of nitrogens with zero attached hydrogens (tertiary/aromatic N) is 1. The molecule has 3 heteroatoms. The third kappa shape index (κ3) is 3.95. The Hall–Kier alpha value is -1.48. The van der Waals surface area contributed by atoms with Crippen LogP contribution in [0.15, 0.2) is 30.9 Å². The highest BCUT2D eigenvalue weighted by molar-refractivity contribution is 5.48. The molecular formula is C13H20N2O. The lowest BCUT2D eigenvalue weighted by Crippen LogP contribution is -2.19. The molecule has 88 valence electrons. The van der Waals surface area contributed by atoms with E-state index in [-0.39, 0.29) is 0 Å². The standard InChI is InChI=1S/C13H20N2O/c1-4-5-11-10-12(14)6-7-13(11)16-9-8-15(2)3/h4,6-7,10H,1,5,8-9,14H2,2-3H3. The van der Waals surface area contributed by atoms with Crippen molar-refractivity contribution >= 4 is 5.69 Å². The summed E-state index contributed by atoms with van der Waals surface area (Å²) in [5.74, 6) is 0.899. The predicted octanol–water partition coefficient (Wildman–Crippen LogP) is 1.94. The summed E-state index contributed by atoms with van der Waals surface area (Å²) in [5, 5.41) is 0. The summed E-state index contributed by atoms with van der Waals surface area (Å²) >= 11 is 0. The molecule has 0 unspecified atom stereocenters. The van der Waals surface area contributed by atoms with Crippen molar-refractivity contribution in [1.82, 2.24) is 4.90 Å². The number of ether oxygens (including phenoxy) is 1. The average Bonchev–Trinajstić information content (AvgIpc) is 2.21. The van der Waals surface area contributed by atoms with E-state index in [2.05, 4.69) is 11.5 Å². The van der Waals surface area contributed by atoms with Crippen molar-refractivity contribution in [3.05, 3.63) is 36.4 Å². The molecule has 0 aromatic heterocycles. The number of benzene rings is 1. The number of nitrogens with two attached hydrogens (primary N) is 1. The summed E-state index contributed by atoms with van der Waals surface area (Å²) in [4.78, 5) is 2.09. The SMILES string of the molecule is C=CCc1cc(N)ccc1OCCN(C)C. The molecule has 0 saturated carbocycles. The highest BCUT2D eigenvalue weighted by Gasteiger charge is 2.03. The first-order chi connectivity index (χ1) is 7.63. The number of nitrogen functional groups attached to an aromatic ring is 1. The second-order valence-corrected chi connectivity index (χ2v) is 4.01. The molecule has 0 bridgehead atoms. The van der Waals surface area contributed by atoms with Crippen LogP contribution in [0.5, 0.6) is 5.75 Å². The Bertz CT molecular complexity index is 348. The minimum Gasteiger partial charge on any atom is -0.492 e. The van der Waals surface area contributed by atoms with Crippen LogP contribution >= 0.6 is 0 Å². The first-order valence-electron chi connectivity index (χ1n) is 5.40. The topological polar surface area (TPSA) is 38.5 Å². The van der Waals surface area contributed by atoms with Crippen LogP contribution < -0.4 is 10.5 Å². The van der Waals surface area contributed by atoms with Crippen LogP contribution in [0, 0.1) is 0 Å². The van der Waals surface area contributed by atoms with Crippen LogP contribution in [0.2, 0.25) is 0 Å². The van der Waals surface area contributed by atoms with Crippen molar-refractivity contribution in [3.63, 3.8) is 0 Å². The van der Waals surface area contributed by atoms with Gasteiger partial charge in [-0.05, 0) is 44.3 Å². The zero-order valence-electron chi connectivity index (χ0n) is 10.1. The molecule has 0 atom stereocenters. The molecule has 0 amide bonds. The fraction of sp³-hybridized carbons (Fsp3) is 0.385. The Morgan fingerprint density at radius 2 is 2.19 bits per heavy atom. The Labute approximate surface area is 97.5 Å². The van der Waals surface area contributed by atoms with E-state index >= 15 is 0 Å². The van der Waals surface area contributed by atoms with E-state index in [1.54, 1.807) is 0 Å². The molecule has 1 rings (SSSR count). The van der Waals surface area contributed by atoms with Gasteiger partial charge in [-0.2, -0.15) is 0 Å². The van der Waals surface area contributed by atoms with E-state index in [0.29, 0.717) is 6.61 Å². The zero-order valence-corrected chi connectivity index (χ0v) is 10.1. The summed E-state index contributed by atoms with van der Waals surface area (Å²) in [5.41, 5.74) is 7.59. The van der Waals surface area contributed by atoms with Crippen LogP contribution in [-0.2, 0) is 6.42 Å². The Morgan fingerprint density at radius 1 is 1.44 bits per heavy atom. The van der Waals surface area contributed by atoms with Crippen molar-refractivity contribution in [2.45, 2.75) is 6.42 Å². The van der Waals surface area contributed by atoms with E-state index < -0.39 is 0 Å². The highest BCUT2D eigenvalue weighted by atomic mass is 16.5.